The van der Waals surface area contributed by atoms with Crippen molar-refractivity contribution in [1.29, 1.82) is 0 Å². The lowest BCUT2D eigenvalue weighted by Crippen LogP contribution is -2.17. The summed E-state index contributed by atoms with van der Waals surface area (Å²) >= 11 is 0. The Morgan fingerprint density at radius 2 is 1.76 bits per heavy atom. The summed E-state index contributed by atoms with van der Waals surface area (Å²) in [6.07, 6.45) is 1.52. The minimum absolute atomic E-state index is 0.601. The largest absolute Gasteiger partial charge is 0.416 e. The number of halogens is 3. The predicted molar refractivity (Wildman–Crippen MR) is 60.1 cm³/mol. The van der Waals surface area contributed by atoms with Crippen LogP contribution in [-0.4, -0.2) is 17.3 Å². The van der Waals surface area contributed by atoms with Crippen LogP contribution in [0.3, 0.4) is 0 Å². The van der Waals surface area contributed by atoms with E-state index in [-0.39, 0.29) is 0 Å². The number of allylic oxidation sites excluding steroid dienone is 1. The Hall–Kier alpha value is -1.58. The fourth-order valence-electron chi connectivity index (χ4n) is 1.92. The van der Waals surface area contributed by atoms with E-state index in [0.717, 1.165) is 36.2 Å². The number of rotatable bonds is 1. The number of benzene rings is 1. The highest BCUT2D eigenvalue weighted by Gasteiger charge is 2.30. The third kappa shape index (κ3) is 2.57. The zero-order valence-electron chi connectivity index (χ0n) is 9.46. The van der Waals surface area contributed by atoms with Crippen molar-refractivity contribution in [2.45, 2.75) is 19.0 Å². The SMILES string of the molecule is C[N+]1=C(c2ccc(C(F)(F)F)cc2)CCC=C1. The number of alkyl halides is 3. The van der Waals surface area contributed by atoms with Crippen LogP contribution in [0.5, 0.6) is 0 Å². The third-order valence-corrected chi connectivity index (χ3v) is 2.85. The number of hydrogen-bond acceptors (Lipinski definition) is 0. The fourth-order valence-corrected chi connectivity index (χ4v) is 1.92. The molecular formula is C13H13F3N+. The standard InChI is InChI=1S/C13H13F3N/c1-17-9-3-2-4-12(17)10-5-7-11(8-6-10)13(14,15)16/h3,5-9H,2,4H2,1H3/q+1. The summed E-state index contributed by atoms with van der Waals surface area (Å²) in [4.78, 5) is 0. The molecule has 0 atom stereocenters. The van der Waals surface area contributed by atoms with Crippen LogP contribution in [0.1, 0.15) is 24.0 Å². The lowest BCUT2D eigenvalue weighted by Gasteiger charge is -2.09. The van der Waals surface area contributed by atoms with Crippen molar-refractivity contribution in [3.8, 4) is 0 Å². The van der Waals surface area contributed by atoms with Gasteiger partial charge in [0, 0.05) is 12.0 Å². The molecular weight excluding hydrogens is 227 g/mol. The molecule has 0 saturated carbocycles. The molecule has 0 fully saturated rings. The summed E-state index contributed by atoms with van der Waals surface area (Å²) in [5, 5.41) is 0. The van der Waals surface area contributed by atoms with Crippen molar-refractivity contribution in [2.75, 3.05) is 7.05 Å². The second kappa shape index (κ2) is 4.35. The van der Waals surface area contributed by atoms with E-state index in [1.54, 1.807) is 0 Å². The maximum absolute atomic E-state index is 12.4. The van der Waals surface area contributed by atoms with E-state index < -0.39 is 11.7 Å². The summed E-state index contributed by atoms with van der Waals surface area (Å²) in [7, 11) is 1.91. The molecule has 0 saturated heterocycles. The summed E-state index contributed by atoms with van der Waals surface area (Å²) in [5.41, 5.74) is 1.31. The molecule has 0 N–H and O–H groups in total. The van der Waals surface area contributed by atoms with Gasteiger partial charge in [-0.15, -0.1) is 0 Å². The second-order valence-corrected chi connectivity index (χ2v) is 4.06. The first kappa shape index (κ1) is 11.9. The molecule has 1 aliphatic heterocycles. The first-order valence-electron chi connectivity index (χ1n) is 5.41. The molecule has 1 aromatic rings. The lowest BCUT2D eigenvalue weighted by molar-refractivity contribution is -0.424. The van der Waals surface area contributed by atoms with Crippen LogP contribution in [0.4, 0.5) is 13.2 Å². The fraction of sp³-hybridized carbons (Fsp3) is 0.308. The van der Waals surface area contributed by atoms with E-state index in [1.807, 2.05) is 23.9 Å². The zero-order chi connectivity index (χ0) is 12.5. The Labute approximate surface area is 97.9 Å². The molecule has 0 unspecified atom stereocenters. The quantitative estimate of drug-likeness (QED) is 0.661. The highest BCUT2D eigenvalue weighted by molar-refractivity contribution is 5.97. The summed E-state index contributed by atoms with van der Waals surface area (Å²) < 4.78 is 39.2. The molecule has 17 heavy (non-hydrogen) atoms. The molecule has 90 valence electrons. The highest BCUT2D eigenvalue weighted by atomic mass is 19.4. The first-order chi connectivity index (χ1) is 7.98. The molecule has 1 aromatic carbocycles. The van der Waals surface area contributed by atoms with Crippen molar-refractivity contribution < 1.29 is 17.7 Å². The van der Waals surface area contributed by atoms with Gasteiger partial charge in [-0.25, -0.2) is 4.58 Å². The van der Waals surface area contributed by atoms with Crippen LogP contribution in [0.2, 0.25) is 0 Å². The molecule has 0 aliphatic carbocycles. The van der Waals surface area contributed by atoms with Crippen LogP contribution in [0.25, 0.3) is 0 Å². The van der Waals surface area contributed by atoms with Gasteiger partial charge >= 0.3 is 6.18 Å². The van der Waals surface area contributed by atoms with Gasteiger partial charge in [0.15, 0.2) is 11.9 Å². The smallest absolute Gasteiger partial charge is 0.205 e. The van der Waals surface area contributed by atoms with Crippen molar-refractivity contribution in [2.24, 2.45) is 0 Å². The van der Waals surface area contributed by atoms with Crippen molar-refractivity contribution in [3.63, 3.8) is 0 Å². The normalized spacial score (nSPS) is 16.5. The van der Waals surface area contributed by atoms with Crippen molar-refractivity contribution in [3.05, 3.63) is 47.7 Å². The molecule has 1 heterocycles. The van der Waals surface area contributed by atoms with Gasteiger partial charge in [0.25, 0.3) is 0 Å². The second-order valence-electron chi connectivity index (χ2n) is 4.06. The Morgan fingerprint density at radius 1 is 1.12 bits per heavy atom. The summed E-state index contributed by atoms with van der Waals surface area (Å²) in [6.45, 7) is 0. The van der Waals surface area contributed by atoms with Crippen molar-refractivity contribution >= 4 is 5.71 Å². The van der Waals surface area contributed by atoms with Gasteiger partial charge in [0.05, 0.1) is 5.56 Å². The molecule has 4 heteroatoms. The highest BCUT2D eigenvalue weighted by Crippen LogP contribution is 2.29. The maximum Gasteiger partial charge on any atom is 0.416 e. The van der Waals surface area contributed by atoms with Gasteiger partial charge in [0.2, 0.25) is 0 Å². The molecule has 1 nitrogen and oxygen atoms in total. The molecule has 0 aromatic heterocycles. The van der Waals surface area contributed by atoms with Crippen LogP contribution >= 0.6 is 0 Å². The third-order valence-electron chi connectivity index (χ3n) is 2.85. The van der Waals surface area contributed by atoms with E-state index in [0.29, 0.717) is 0 Å². The van der Waals surface area contributed by atoms with Gasteiger partial charge in [-0.2, -0.15) is 13.2 Å². The summed E-state index contributed by atoms with van der Waals surface area (Å²) in [6, 6.07) is 5.34. The Balaban J connectivity index is 2.33. The van der Waals surface area contributed by atoms with Gasteiger partial charge in [-0.1, -0.05) is 0 Å². The Kier molecular flexibility index (Phi) is 3.05. The molecule has 0 radical (unpaired) electrons. The van der Waals surface area contributed by atoms with Crippen LogP contribution in [0, 0.1) is 0 Å². The van der Waals surface area contributed by atoms with Crippen LogP contribution < -0.4 is 0 Å². The predicted octanol–water partition coefficient (Wildman–Crippen LogP) is 3.44. The monoisotopic (exact) mass is 240 g/mol. The number of hydrogen-bond donors (Lipinski definition) is 0. The van der Waals surface area contributed by atoms with E-state index >= 15 is 0 Å². The van der Waals surface area contributed by atoms with E-state index in [2.05, 4.69) is 0 Å². The molecule has 0 amide bonds. The van der Waals surface area contributed by atoms with Gasteiger partial charge in [-0.3, -0.25) is 0 Å². The average molecular weight is 240 g/mol. The maximum atomic E-state index is 12.4. The first-order valence-corrected chi connectivity index (χ1v) is 5.41. The molecule has 2 rings (SSSR count). The van der Waals surface area contributed by atoms with E-state index in [9.17, 15) is 13.2 Å². The lowest BCUT2D eigenvalue weighted by atomic mass is 10.0. The number of nitrogens with zero attached hydrogens (tertiary/aromatic N) is 1. The van der Waals surface area contributed by atoms with Gasteiger partial charge < -0.3 is 0 Å². The molecule has 0 spiro atoms. The minimum atomic E-state index is -4.26. The topological polar surface area (TPSA) is 3.01 Å². The van der Waals surface area contributed by atoms with Gasteiger partial charge in [-0.05, 0) is 36.8 Å². The molecule has 0 bridgehead atoms. The van der Waals surface area contributed by atoms with Crippen molar-refractivity contribution in [1.82, 2.24) is 0 Å². The summed E-state index contributed by atoms with van der Waals surface area (Å²) in [5.74, 6) is 0. The van der Waals surface area contributed by atoms with E-state index in [1.165, 1.54) is 12.1 Å². The van der Waals surface area contributed by atoms with Crippen LogP contribution in [-0.2, 0) is 6.18 Å². The Morgan fingerprint density at radius 3 is 2.29 bits per heavy atom. The Bertz CT molecular complexity index is 466. The zero-order valence-corrected chi connectivity index (χ0v) is 9.46. The average Bonchev–Trinajstić information content (AvgIpc) is 2.29. The van der Waals surface area contributed by atoms with E-state index in [4.69, 9.17) is 0 Å². The van der Waals surface area contributed by atoms with Crippen LogP contribution in [0.15, 0.2) is 36.5 Å². The molecule has 1 aliphatic rings. The van der Waals surface area contributed by atoms with Gasteiger partial charge in [0.1, 0.15) is 7.05 Å². The minimum Gasteiger partial charge on any atom is -0.205 e.